The van der Waals surface area contributed by atoms with Crippen LogP contribution in [0.1, 0.15) is 0 Å². The Balaban J connectivity index is 1.50. The first-order valence-electron chi connectivity index (χ1n) is 18.8. The van der Waals surface area contributed by atoms with Crippen LogP contribution in [0.5, 0.6) is 11.8 Å². The van der Waals surface area contributed by atoms with Crippen LogP contribution in [0, 0.1) is 0 Å². The zero-order valence-electron chi connectivity index (χ0n) is 35.2. The van der Waals surface area contributed by atoms with Gasteiger partial charge in [0.05, 0.1) is 21.7 Å². The fourth-order valence-electron chi connectivity index (χ4n) is 6.17. The molecular weight excluding hydrogens is 1060 g/mol. The predicted octanol–water partition coefficient (Wildman–Crippen LogP) is 5.19. The molecular formula is C37H32N10O18S6. The highest BCUT2D eigenvalue weighted by atomic mass is 32.2. The van der Waals surface area contributed by atoms with Gasteiger partial charge in [0.1, 0.15) is 42.3 Å². The van der Waals surface area contributed by atoms with E-state index in [1.807, 2.05) is 0 Å². The highest BCUT2D eigenvalue weighted by Crippen LogP contribution is 2.49. The van der Waals surface area contributed by atoms with Crippen LogP contribution in [0.2, 0.25) is 0 Å². The maximum absolute atomic E-state index is 12.7. The van der Waals surface area contributed by atoms with Gasteiger partial charge in [0, 0.05) is 28.7 Å². The number of nitrogens with zero attached hydrogens (tertiary/aromatic N) is 8. The molecule has 1 heterocycles. The average Bonchev–Trinajstić information content (AvgIpc) is 3.27. The molecule has 0 aliphatic rings. The summed E-state index contributed by atoms with van der Waals surface area (Å²) in [4.78, 5) is 7.64. The number of rotatable bonds is 18. The zero-order chi connectivity index (χ0) is 52.6. The summed E-state index contributed by atoms with van der Waals surface area (Å²) in [6.07, 6.45) is 0. The Hall–Kier alpha value is -7.41. The van der Waals surface area contributed by atoms with Crippen LogP contribution in [-0.2, 0) is 60.1 Å². The number of para-hydroxylation sites is 1. The number of nitrogens with one attached hydrogen (secondary N) is 1. The van der Waals surface area contributed by atoms with Crippen LogP contribution in [0.4, 0.5) is 51.7 Å². The van der Waals surface area contributed by atoms with Crippen molar-refractivity contribution in [3.63, 3.8) is 0 Å². The molecule has 1 aromatic heterocycles. The molecule has 28 nitrogen and oxygen atoms in total. The number of azo groups is 2. The summed E-state index contributed by atoms with van der Waals surface area (Å²) in [5, 5.41) is 38.8. The Bertz CT molecular complexity index is 3970. The number of sulfone groups is 2. The van der Waals surface area contributed by atoms with Crippen molar-refractivity contribution >= 4 is 123 Å². The maximum Gasteiger partial charge on any atom is 0.320 e. The van der Waals surface area contributed by atoms with Crippen molar-refractivity contribution in [3.8, 4) is 11.8 Å². The number of hydrogen-bond donors (Lipinski definition) is 8. The number of phenols is 1. The molecule has 374 valence electrons. The first-order valence-corrected chi connectivity index (χ1v) is 27.8. The Kier molecular flexibility index (Phi) is 14.5. The molecule has 71 heavy (non-hydrogen) atoms. The third-order valence-electron chi connectivity index (χ3n) is 9.41. The minimum atomic E-state index is -5.55. The van der Waals surface area contributed by atoms with E-state index < -0.39 is 147 Å². The van der Waals surface area contributed by atoms with Gasteiger partial charge in [0.2, 0.25) is 11.9 Å². The molecule has 0 saturated heterocycles. The molecule has 0 spiro atoms. The van der Waals surface area contributed by atoms with Gasteiger partial charge in [-0.05, 0) is 66.0 Å². The molecule has 0 unspecified atom stereocenters. The number of hydrogen-bond acceptors (Lipinski definition) is 24. The first kappa shape index (κ1) is 53.0. The van der Waals surface area contributed by atoms with Gasteiger partial charge in [-0.1, -0.05) is 31.4 Å². The Morgan fingerprint density at radius 1 is 0.620 bits per heavy atom. The lowest BCUT2D eigenvalue weighted by atomic mass is 10.1. The monoisotopic (exact) mass is 1100 g/mol. The minimum Gasteiger partial charge on any atom is -0.505 e. The second-order valence-corrected chi connectivity index (χ2v) is 23.6. The minimum absolute atomic E-state index is 0.202. The smallest absolute Gasteiger partial charge is 0.320 e. The number of nitrogen functional groups attached to an aromatic ring is 1. The van der Waals surface area contributed by atoms with Crippen molar-refractivity contribution in [2.45, 2.75) is 24.5 Å². The summed E-state index contributed by atoms with van der Waals surface area (Å²) in [6.45, 7) is 6.12. The van der Waals surface area contributed by atoms with E-state index in [0.717, 1.165) is 29.7 Å². The number of fused-ring (bicyclic) bond motifs is 1. The number of aromatic nitrogens is 3. The standard InChI is InChI=1S/C37H32N10O18S6/c1-3-66(50,51)15-14-47(22-8-6-5-7-9-22)36-40-35(41-37(49)42-36)39-21-10-13-26(68(54,55)56)25(18-21)44-46-33-29(71(63,64)65)17-20-16-28(70(60,61)62)32(31(38)30(20)34(33)48)45-43-24-12-11-23(67(52,53)4-2)19-27(24)69(57,58)59/h3-13,16-19,48H,1-2,14-15,38H2,(H,54,55,56)(H,57,58,59)(H,60,61,62)(H,63,64,65)(H2,39,40,41,42,49). The van der Waals surface area contributed by atoms with Gasteiger partial charge in [-0.3, -0.25) is 18.2 Å². The lowest BCUT2D eigenvalue weighted by Crippen LogP contribution is -2.26. The number of phenolic OH excluding ortho intramolecular Hbond substituents is 1. The lowest BCUT2D eigenvalue weighted by molar-refractivity contribution is 0.429. The molecule has 0 aliphatic carbocycles. The van der Waals surface area contributed by atoms with E-state index in [2.05, 4.69) is 53.9 Å². The van der Waals surface area contributed by atoms with Crippen LogP contribution in [-0.4, -0.2) is 106 Å². The number of aromatic hydroxyl groups is 2. The van der Waals surface area contributed by atoms with Crippen molar-refractivity contribution in [3.05, 3.63) is 103 Å². The van der Waals surface area contributed by atoms with Crippen molar-refractivity contribution < 1.29 is 78.9 Å². The Morgan fingerprint density at radius 3 is 1.77 bits per heavy atom. The molecule has 0 radical (unpaired) electrons. The van der Waals surface area contributed by atoms with Gasteiger partial charge in [0.15, 0.2) is 25.4 Å². The zero-order valence-corrected chi connectivity index (χ0v) is 40.1. The third kappa shape index (κ3) is 12.0. The first-order chi connectivity index (χ1) is 32.8. The van der Waals surface area contributed by atoms with Gasteiger partial charge >= 0.3 is 6.01 Å². The van der Waals surface area contributed by atoms with Crippen molar-refractivity contribution in [1.29, 1.82) is 0 Å². The van der Waals surface area contributed by atoms with Crippen LogP contribution in [0.3, 0.4) is 0 Å². The van der Waals surface area contributed by atoms with E-state index in [0.29, 0.717) is 35.4 Å². The highest BCUT2D eigenvalue weighted by Gasteiger charge is 2.29. The van der Waals surface area contributed by atoms with Crippen LogP contribution in [0.15, 0.2) is 148 Å². The second kappa shape index (κ2) is 19.4. The van der Waals surface area contributed by atoms with Crippen molar-refractivity contribution in [2.24, 2.45) is 20.5 Å². The summed E-state index contributed by atoms with van der Waals surface area (Å²) in [5.74, 6) is -2.60. The predicted molar refractivity (Wildman–Crippen MR) is 250 cm³/mol. The Labute approximate surface area is 402 Å². The fraction of sp³-hybridized carbons (Fsp3) is 0.0541. The third-order valence-corrected chi connectivity index (χ3v) is 15.5. The summed E-state index contributed by atoms with van der Waals surface area (Å²) < 4.78 is 190. The number of nitrogens with two attached hydrogens (primary N) is 1. The van der Waals surface area contributed by atoms with E-state index in [-0.39, 0.29) is 18.2 Å². The summed E-state index contributed by atoms with van der Waals surface area (Å²) in [7, 11) is -29.7. The summed E-state index contributed by atoms with van der Waals surface area (Å²) in [6, 6.07) is 12.7. The molecule has 6 rings (SSSR count). The fourth-order valence-corrected chi connectivity index (χ4v) is 10.2. The van der Waals surface area contributed by atoms with Gasteiger partial charge in [-0.25, -0.2) is 16.8 Å². The van der Waals surface area contributed by atoms with E-state index in [1.54, 1.807) is 30.3 Å². The van der Waals surface area contributed by atoms with Gasteiger partial charge in [-0.15, -0.1) is 20.5 Å². The molecule has 5 aromatic carbocycles. The topological polar surface area (TPSA) is 456 Å². The molecule has 0 atom stereocenters. The lowest BCUT2D eigenvalue weighted by Gasteiger charge is -2.22. The Morgan fingerprint density at radius 2 is 1.20 bits per heavy atom. The largest absolute Gasteiger partial charge is 0.505 e. The van der Waals surface area contributed by atoms with Gasteiger partial charge in [-0.2, -0.15) is 48.6 Å². The van der Waals surface area contributed by atoms with Crippen LogP contribution < -0.4 is 16.0 Å². The van der Waals surface area contributed by atoms with E-state index in [4.69, 9.17) is 5.73 Å². The maximum atomic E-state index is 12.7. The highest BCUT2D eigenvalue weighted by molar-refractivity contribution is 7.94. The van der Waals surface area contributed by atoms with Gasteiger partial charge in [0.25, 0.3) is 40.5 Å². The number of anilines is 5. The average molecular weight is 1100 g/mol. The van der Waals surface area contributed by atoms with Crippen LogP contribution >= 0.6 is 0 Å². The second-order valence-electron chi connectivity index (χ2n) is 14.0. The molecule has 6 aromatic rings. The summed E-state index contributed by atoms with van der Waals surface area (Å²) >= 11 is 0. The SMILES string of the molecule is C=CS(=O)(=O)CCN(c1ccccc1)c1nc(O)nc(Nc2ccc(S(=O)(=O)O)c(N=Nc3c(S(=O)(=O)O)cc4cc(S(=O)(=O)O)c(N=Nc5ccc(S(=O)(=O)C=C)cc5S(=O)(=O)O)c(N)c4c3O)c2)n1. The molecule has 0 aliphatic heterocycles. The van der Waals surface area contributed by atoms with E-state index >= 15 is 0 Å². The molecule has 0 fully saturated rings. The quantitative estimate of drug-likeness (QED) is 0.0312. The van der Waals surface area contributed by atoms with E-state index in [1.165, 1.54) is 4.90 Å². The van der Waals surface area contributed by atoms with Crippen LogP contribution in [0.25, 0.3) is 10.8 Å². The van der Waals surface area contributed by atoms with Gasteiger partial charge < -0.3 is 26.2 Å². The molecule has 0 bridgehead atoms. The normalized spacial score (nSPS) is 12.9. The van der Waals surface area contributed by atoms with E-state index in [9.17, 15) is 78.9 Å². The van der Waals surface area contributed by atoms with Crippen molar-refractivity contribution in [1.82, 2.24) is 15.0 Å². The number of benzene rings is 5. The summed E-state index contributed by atoms with van der Waals surface area (Å²) in [5.41, 5.74) is 1.35. The van der Waals surface area contributed by atoms with Crippen molar-refractivity contribution in [2.75, 3.05) is 28.2 Å². The molecule has 0 amide bonds. The molecule has 34 heteroatoms. The molecule has 0 saturated carbocycles. The molecule has 9 N–H and O–H groups in total.